The van der Waals surface area contributed by atoms with Crippen LogP contribution in [0, 0.1) is 0 Å². The zero-order valence-corrected chi connectivity index (χ0v) is 12.7. The number of carboxylic acids is 1. The van der Waals surface area contributed by atoms with Gasteiger partial charge in [0.2, 0.25) is 10.0 Å². The predicted molar refractivity (Wildman–Crippen MR) is 80.0 cm³/mol. The van der Waals surface area contributed by atoms with Crippen LogP contribution in [0.25, 0.3) is 0 Å². The van der Waals surface area contributed by atoms with E-state index in [0.717, 1.165) is 17.4 Å². The quantitative estimate of drug-likeness (QED) is 0.721. The summed E-state index contributed by atoms with van der Waals surface area (Å²) in [6.45, 7) is 0. The molecule has 1 atom stereocenters. The summed E-state index contributed by atoms with van der Waals surface area (Å²) >= 11 is 0.875. The average molecular weight is 340 g/mol. The van der Waals surface area contributed by atoms with Crippen molar-refractivity contribution in [2.45, 2.75) is 10.9 Å². The lowest BCUT2D eigenvalue weighted by Crippen LogP contribution is -2.33. The van der Waals surface area contributed by atoms with Crippen LogP contribution in [0.2, 0.25) is 0 Å². The number of benzene rings is 1. The Morgan fingerprint density at radius 2 is 1.86 bits per heavy atom. The van der Waals surface area contributed by atoms with Gasteiger partial charge < -0.3 is 10.8 Å². The number of aliphatic carboxylic acids is 1. The number of primary amides is 1. The van der Waals surface area contributed by atoms with Crippen molar-refractivity contribution in [1.82, 2.24) is 4.72 Å². The smallest absolute Gasteiger partial charge is 0.326 e. The fourth-order valence-electron chi connectivity index (χ4n) is 1.72. The Bertz CT molecular complexity index is 799. The van der Waals surface area contributed by atoms with Crippen molar-refractivity contribution < 1.29 is 23.1 Å². The van der Waals surface area contributed by atoms with Gasteiger partial charge in [0.05, 0.1) is 9.77 Å². The van der Waals surface area contributed by atoms with Crippen LogP contribution in [0.5, 0.6) is 0 Å². The van der Waals surface area contributed by atoms with Crippen LogP contribution in [0.1, 0.15) is 21.3 Å². The second-order valence-corrected chi connectivity index (χ2v) is 6.94. The highest BCUT2D eigenvalue weighted by molar-refractivity contribution is 7.89. The van der Waals surface area contributed by atoms with E-state index in [1.54, 1.807) is 18.2 Å². The number of carboxylic acid groups (broad SMARTS) is 1. The molecule has 0 aliphatic carbocycles. The lowest BCUT2D eigenvalue weighted by atomic mass is 10.1. The van der Waals surface area contributed by atoms with E-state index in [2.05, 4.69) is 4.72 Å². The summed E-state index contributed by atoms with van der Waals surface area (Å²) in [6, 6.07) is 7.59. The number of sulfonamides is 1. The Labute approximate surface area is 130 Å². The zero-order valence-electron chi connectivity index (χ0n) is 11.1. The van der Waals surface area contributed by atoms with Gasteiger partial charge in [0.15, 0.2) is 0 Å². The molecule has 0 aliphatic rings. The molecule has 9 heteroatoms. The lowest BCUT2D eigenvalue weighted by Gasteiger charge is -2.14. The standard InChI is InChI=1S/C13H12N2O5S2/c14-12(16)10-6-9(7-21-10)22(19,20)15-11(13(17)18)8-4-2-1-3-5-8/h1-7,11,15H,(H2,14,16)(H,17,18)/t11-/m0/s1. The predicted octanol–water partition coefficient (Wildman–Crippen LogP) is 0.951. The summed E-state index contributed by atoms with van der Waals surface area (Å²) in [5.74, 6) is -2.08. The minimum Gasteiger partial charge on any atom is -0.480 e. The van der Waals surface area contributed by atoms with E-state index in [4.69, 9.17) is 5.73 Å². The Morgan fingerprint density at radius 1 is 1.23 bits per heavy atom. The van der Waals surface area contributed by atoms with Crippen LogP contribution in [0.15, 0.2) is 46.7 Å². The average Bonchev–Trinajstić information content (AvgIpc) is 2.96. The zero-order chi connectivity index (χ0) is 16.3. The van der Waals surface area contributed by atoms with Crippen LogP contribution in [0.4, 0.5) is 0 Å². The number of amides is 1. The van der Waals surface area contributed by atoms with Crippen molar-refractivity contribution in [3.8, 4) is 0 Å². The van der Waals surface area contributed by atoms with E-state index in [0.29, 0.717) is 5.56 Å². The molecule has 1 aromatic heterocycles. The summed E-state index contributed by atoms with van der Waals surface area (Å²) in [7, 11) is -4.09. The number of rotatable bonds is 6. The first kappa shape index (κ1) is 16.1. The van der Waals surface area contributed by atoms with Gasteiger partial charge in [-0.05, 0) is 11.6 Å². The Morgan fingerprint density at radius 3 is 2.36 bits per heavy atom. The number of nitrogens with one attached hydrogen (secondary N) is 1. The highest BCUT2D eigenvalue weighted by Crippen LogP contribution is 2.22. The second kappa shape index (κ2) is 6.26. The molecule has 1 amide bonds. The topological polar surface area (TPSA) is 127 Å². The number of hydrogen-bond donors (Lipinski definition) is 3. The molecule has 7 nitrogen and oxygen atoms in total. The van der Waals surface area contributed by atoms with E-state index in [1.807, 2.05) is 0 Å². The molecule has 0 saturated carbocycles. The molecule has 1 heterocycles. The molecule has 0 unspecified atom stereocenters. The van der Waals surface area contributed by atoms with E-state index in [-0.39, 0.29) is 9.77 Å². The fraction of sp³-hybridized carbons (Fsp3) is 0.0769. The Balaban J connectivity index is 2.32. The van der Waals surface area contributed by atoms with Crippen LogP contribution in [-0.4, -0.2) is 25.4 Å². The van der Waals surface area contributed by atoms with Crippen molar-refractivity contribution in [3.63, 3.8) is 0 Å². The molecule has 116 valence electrons. The van der Waals surface area contributed by atoms with E-state index >= 15 is 0 Å². The SMILES string of the molecule is NC(=O)c1cc(S(=O)(=O)N[C@H](C(=O)O)c2ccccc2)cs1. The summed E-state index contributed by atoms with van der Waals surface area (Å²) < 4.78 is 26.6. The number of carbonyl (C=O) groups is 2. The first-order chi connectivity index (χ1) is 10.3. The second-order valence-electron chi connectivity index (χ2n) is 4.31. The molecular weight excluding hydrogens is 328 g/mol. The van der Waals surface area contributed by atoms with E-state index < -0.39 is 27.9 Å². The normalized spacial score (nSPS) is 12.7. The molecule has 22 heavy (non-hydrogen) atoms. The number of carbonyl (C=O) groups excluding carboxylic acids is 1. The van der Waals surface area contributed by atoms with Crippen LogP contribution < -0.4 is 10.5 Å². The maximum Gasteiger partial charge on any atom is 0.326 e. The van der Waals surface area contributed by atoms with Crippen LogP contribution in [0.3, 0.4) is 0 Å². The lowest BCUT2D eigenvalue weighted by molar-refractivity contribution is -0.139. The van der Waals surface area contributed by atoms with Gasteiger partial charge in [-0.15, -0.1) is 11.3 Å². The Hall–Kier alpha value is -2.23. The molecule has 4 N–H and O–H groups in total. The van der Waals surface area contributed by atoms with Crippen molar-refractivity contribution in [3.05, 3.63) is 52.2 Å². The maximum atomic E-state index is 12.2. The highest BCUT2D eigenvalue weighted by atomic mass is 32.2. The molecule has 0 radical (unpaired) electrons. The summed E-state index contributed by atoms with van der Waals surface area (Å²) in [5.41, 5.74) is 5.37. The number of hydrogen-bond acceptors (Lipinski definition) is 5. The van der Waals surface area contributed by atoms with Gasteiger partial charge in [-0.25, -0.2) is 8.42 Å². The largest absolute Gasteiger partial charge is 0.480 e. The van der Waals surface area contributed by atoms with E-state index in [1.165, 1.54) is 17.5 Å². The van der Waals surface area contributed by atoms with Gasteiger partial charge in [-0.3, -0.25) is 9.59 Å². The van der Waals surface area contributed by atoms with Crippen LogP contribution in [-0.2, 0) is 14.8 Å². The minimum absolute atomic E-state index is 0.0759. The van der Waals surface area contributed by atoms with Crippen molar-refractivity contribution >= 4 is 33.2 Å². The first-order valence-electron chi connectivity index (χ1n) is 5.99. The minimum atomic E-state index is -4.09. The molecule has 1 aromatic carbocycles. The molecular formula is C13H12N2O5S2. The molecule has 0 aliphatic heterocycles. The third-order valence-corrected chi connectivity index (χ3v) is 5.28. The summed E-state index contributed by atoms with van der Waals surface area (Å²) in [4.78, 5) is 22.2. The van der Waals surface area contributed by atoms with Crippen molar-refractivity contribution in [2.75, 3.05) is 0 Å². The third-order valence-electron chi connectivity index (χ3n) is 2.78. The van der Waals surface area contributed by atoms with Gasteiger partial charge in [0.25, 0.3) is 5.91 Å². The molecule has 0 bridgehead atoms. The molecule has 0 spiro atoms. The maximum absolute atomic E-state index is 12.2. The highest BCUT2D eigenvalue weighted by Gasteiger charge is 2.27. The van der Waals surface area contributed by atoms with Crippen LogP contribution >= 0.6 is 11.3 Å². The summed E-state index contributed by atoms with van der Waals surface area (Å²) in [6.07, 6.45) is 0. The molecule has 2 aromatic rings. The third kappa shape index (κ3) is 3.50. The molecule has 0 fully saturated rings. The van der Waals surface area contributed by atoms with Gasteiger partial charge in [-0.2, -0.15) is 4.72 Å². The number of thiophene rings is 1. The summed E-state index contributed by atoms with van der Waals surface area (Å²) in [5, 5.41) is 10.5. The van der Waals surface area contributed by atoms with Gasteiger partial charge in [-0.1, -0.05) is 30.3 Å². The first-order valence-corrected chi connectivity index (χ1v) is 8.36. The fourth-order valence-corrected chi connectivity index (χ4v) is 4.02. The van der Waals surface area contributed by atoms with Gasteiger partial charge >= 0.3 is 5.97 Å². The van der Waals surface area contributed by atoms with Gasteiger partial charge in [0.1, 0.15) is 6.04 Å². The molecule has 0 saturated heterocycles. The van der Waals surface area contributed by atoms with Crippen molar-refractivity contribution in [1.29, 1.82) is 0 Å². The Kier molecular flexibility index (Phi) is 4.59. The molecule has 2 rings (SSSR count). The number of nitrogens with two attached hydrogens (primary N) is 1. The van der Waals surface area contributed by atoms with E-state index in [9.17, 15) is 23.1 Å². The van der Waals surface area contributed by atoms with Crippen molar-refractivity contribution in [2.24, 2.45) is 5.73 Å². The van der Waals surface area contributed by atoms with Gasteiger partial charge in [0, 0.05) is 5.38 Å². The monoisotopic (exact) mass is 340 g/mol.